The molecule has 6 nitrogen and oxygen atoms in total. The van der Waals surface area contributed by atoms with Crippen LogP contribution in [0.2, 0.25) is 0 Å². The molecule has 2 aliphatic rings. The number of β-amino-alcohol motifs (C(OH)–C–C–N with tert-alkyl or cyclic N) is 1. The summed E-state index contributed by atoms with van der Waals surface area (Å²) in [4.78, 5) is 27.1. The largest absolute Gasteiger partial charge is 0.389 e. The molecule has 1 aromatic heterocycles. The number of carbonyl (C=O) groups excluding carboxylic acids is 2. The molecular formula is C25H29N3O3. The second-order valence-electron chi connectivity index (χ2n) is 9.18. The SMILES string of the molecule is CC1(C2CCCCC2)NC(=O)N(CC(O)Cn2c3ccccc3c3ccccc32)C1=O. The van der Waals surface area contributed by atoms with E-state index in [1.165, 1.54) is 11.3 Å². The highest BCUT2D eigenvalue weighted by Crippen LogP contribution is 2.36. The molecule has 1 aliphatic heterocycles. The fraction of sp³-hybridized carbons (Fsp3) is 0.440. The van der Waals surface area contributed by atoms with Gasteiger partial charge in [0.1, 0.15) is 5.54 Å². The van der Waals surface area contributed by atoms with Crippen LogP contribution in [0.4, 0.5) is 4.79 Å². The van der Waals surface area contributed by atoms with Gasteiger partial charge >= 0.3 is 6.03 Å². The van der Waals surface area contributed by atoms with E-state index in [-0.39, 0.29) is 24.4 Å². The minimum Gasteiger partial charge on any atom is -0.389 e. The van der Waals surface area contributed by atoms with Crippen molar-refractivity contribution in [1.29, 1.82) is 0 Å². The van der Waals surface area contributed by atoms with Crippen molar-refractivity contribution in [2.24, 2.45) is 5.92 Å². The van der Waals surface area contributed by atoms with E-state index < -0.39 is 11.6 Å². The van der Waals surface area contributed by atoms with Crippen LogP contribution in [0.1, 0.15) is 39.0 Å². The molecule has 1 saturated heterocycles. The van der Waals surface area contributed by atoms with Crippen LogP contribution in [0.15, 0.2) is 48.5 Å². The molecule has 3 amide bonds. The quantitative estimate of drug-likeness (QED) is 0.613. The lowest BCUT2D eigenvalue weighted by Crippen LogP contribution is -2.51. The van der Waals surface area contributed by atoms with E-state index >= 15 is 0 Å². The summed E-state index contributed by atoms with van der Waals surface area (Å²) in [5.41, 5.74) is 1.21. The second kappa shape index (κ2) is 7.68. The van der Waals surface area contributed by atoms with Gasteiger partial charge < -0.3 is 15.0 Å². The third kappa shape index (κ3) is 3.30. The summed E-state index contributed by atoms with van der Waals surface area (Å²) in [5.74, 6) is -0.0390. The Morgan fingerprint density at radius 3 is 2.16 bits per heavy atom. The highest BCUT2D eigenvalue weighted by molar-refractivity contribution is 6.08. The van der Waals surface area contributed by atoms with E-state index in [4.69, 9.17) is 0 Å². The minimum atomic E-state index is -0.859. The average molecular weight is 420 g/mol. The molecule has 0 bridgehead atoms. The molecule has 2 atom stereocenters. The molecule has 2 fully saturated rings. The number of urea groups is 1. The van der Waals surface area contributed by atoms with Gasteiger partial charge in [-0.05, 0) is 37.8 Å². The molecule has 1 saturated carbocycles. The fourth-order valence-corrected chi connectivity index (χ4v) is 5.52. The number of nitrogens with one attached hydrogen (secondary N) is 1. The molecule has 5 rings (SSSR count). The maximum absolute atomic E-state index is 13.2. The number of rotatable bonds is 5. The monoisotopic (exact) mass is 419 g/mol. The topological polar surface area (TPSA) is 74.6 Å². The number of nitrogens with zero attached hydrogens (tertiary/aromatic N) is 2. The number of hydrogen-bond acceptors (Lipinski definition) is 3. The molecule has 3 aromatic rings. The zero-order valence-electron chi connectivity index (χ0n) is 17.9. The lowest BCUT2D eigenvalue weighted by Gasteiger charge is -2.34. The summed E-state index contributed by atoms with van der Waals surface area (Å²) >= 11 is 0. The van der Waals surface area contributed by atoms with Crippen LogP contribution >= 0.6 is 0 Å². The van der Waals surface area contributed by atoms with Gasteiger partial charge in [0.25, 0.3) is 5.91 Å². The summed E-state index contributed by atoms with van der Waals surface area (Å²) in [6, 6.07) is 15.8. The number of benzene rings is 2. The molecule has 1 aliphatic carbocycles. The van der Waals surface area contributed by atoms with Gasteiger partial charge in [-0.2, -0.15) is 0 Å². The summed E-state index contributed by atoms with van der Waals surface area (Å²) in [6.07, 6.45) is 4.44. The number of carbonyl (C=O) groups is 2. The number of amides is 3. The predicted octanol–water partition coefficient (Wildman–Crippen LogP) is 4.05. The first-order valence-electron chi connectivity index (χ1n) is 11.3. The molecule has 2 unspecified atom stereocenters. The maximum atomic E-state index is 13.2. The maximum Gasteiger partial charge on any atom is 0.325 e. The zero-order chi connectivity index (χ0) is 21.6. The van der Waals surface area contributed by atoms with Gasteiger partial charge in [0.15, 0.2) is 0 Å². The van der Waals surface area contributed by atoms with Gasteiger partial charge in [0, 0.05) is 21.8 Å². The Morgan fingerprint density at radius 1 is 0.968 bits per heavy atom. The lowest BCUT2D eigenvalue weighted by molar-refractivity contribution is -0.134. The zero-order valence-corrected chi connectivity index (χ0v) is 17.9. The van der Waals surface area contributed by atoms with Crippen LogP contribution in [0.3, 0.4) is 0 Å². The van der Waals surface area contributed by atoms with Crippen LogP contribution in [-0.2, 0) is 11.3 Å². The van der Waals surface area contributed by atoms with Gasteiger partial charge in [0.05, 0.1) is 19.2 Å². The third-order valence-electron chi connectivity index (χ3n) is 7.19. The van der Waals surface area contributed by atoms with Crippen molar-refractivity contribution in [2.75, 3.05) is 6.54 Å². The highest BCUT2D eigenvalue weighted by Gasteiger charge is 2.52. The van der Waals surface area contributed by atoms with E-state index in [1.807, 2.05) is 43.3 Å². The predicted molar refractivity (Wildman–Crippen MR) is 121 cm³/mol. The van der Waals surface area contributed by atoms with E-state index in [2.05, 4.69) is 22.0 Å². The first-order chi connectivity index (χ1) is 15.0. The van der Waals surface area contributed by atoms with Crippen molar-refractivity contribution in [3.63, 3.8) is 0 Å². The lowest BCUT2D eigenvalue weighted by atomic mass is 9.75. The van der Waals surface area contributed by atoms with Crippen molar-refractivity contribution < 1.29 is 14.7 Å². The van der Waals surface area contributed by atoms with E-state index in [0.29, 0.717) is 6.54 Å². The summed E-state index contributed by atoms with van der Waals surface area (Å²) in [5, 5.41) is 16.1. The second-order valence-corrected chi connectivity index (χ2v) is 9.18. The summed E-state index contributed by atoms with van der Waals surface area (Å²) in [6.45, 7) is 2.15. The van der Waals surface area contributed by atoms with Crippen LogP contribution in [0, 0.1) is 5.92 Å². The number of aliphatic hydroxyl groups is 1. The van der Waals surface area contributed by atoms with Crippen molar-refractivity contribution >= 4 is 33.7 Å². The Labute approximate surface area is 181 Å². The van der Waals surface area contributed by atoms with Crippen molar-refractivity contribution in [1.82, 2.24) is 14.8 Å². The van der Waals surface area contributed by atoms with E-state index in [1.54, 1.807) is 0 Å². The molecular weight excluding hydrogens is 390 g/mol. The average Bonchev–Trinajstić information content (AvgIpc) is 3.22. The van der Waals surface area contributed by atoms with Crippen molar-refractivity contribution in [2.45, 2.75) is 57.2 Å². The summed E-state index contributed by atoms with van der Waals surface area (Å²) in [7, 11) is 0. The Bertz CT molecular complexity index is 1090. The normalized spacial score (nSPS) is 23.6. The van der Waals surface area contributed by atoms with E-state index in [9.17, 15) is 14.7 Å². The van der Waals surface area contributed by atoms with E-state index in [0.717, 1.165) is 47.5 Å². The number of aliphatic hydroxyl groups excluding tert-OH is 1. The van der Waals surface area contributed by atoms with Crippen LogP contribution in [-0.4, -0.2) is 44.7 Å². The van der Waals surface area contributed by atoms with Crippen LogP contribution in [0.5, 0.6) is 0 Å². The Balaban J connectivity index is 1.38. The molecule has 2 N–H and O–H groups in total. The highest BCUT2D eigenvalue weighted by atomic mass is 16.3. The van der Waals surface area contributed by atoms with Gasteiger partial charge in [-0.25, -0.2) is 4.79 Å². The Hall–Kier alpha value is -2.86. The molecule has 31 heavy (non-hydrogen) atoms. The minimum absolute atomic E-state index is 0.00614. The third-order valence-corrected chi connectivity index (χ3v) is 7.19. The fourth-order valence-electron chi connectivity index (χ4n) is 5.52. The molecule has 162 valence electrons. The van der Waals surface area contributed by atoms with Crippen molar-refractivity contribution in [3.8, 4) is 0 Å². The Kier molecular flexibility index (Phi) is 4.97. The number of fused-ring (bicyclic) bond motifs is 3. The smallest absolute Gasteiger partial charge is 0.325 e. The molecule has 2 heterocycles. The standard InChI is InChI=1S/C25H29N3O3/c1-25(17-9-3-2-4-10-17)23(30)28(24(31)26-25)16-18(29)15-27-21-13-7-5-11-19(21)20-12-6-8-14-22(20)27/h5-8,11-14,17-18,29H,2-4,9-10,15-16H2,1H3,(H,26,31). The van der Waals surface area contributed by atoms with Gasteiger partial charge in [0.2, 0.25) is 0 Å². The number of aromatic nitrogens is 1. The van der Waals surface area contributed by atoms with Gasteiger partial charge in [-0.15, -0.1) is 0 Å². The molecule has 0 radical (unpaired) electrons. The van der Waals surface area contributed by atoms with Gasteiger partial charge in [-0.3, -0.25) is 9.69 Å². The first kappa shape index (κ1) is 20.1. The number of hydrogen-bond donors (Lipinski definition) is 2. The molecule has 2 aromatic carbocycles. The number of para-hydroxylation sites is 2. The number of imide groups is 1. The van der Waals surface area contributed by atoms with Gasteiger partial charge in [-0.1, -0.05) is 55.7 Å². The molecule has 6 heteroatoms. The van der Waals surface area contributed by atoms with Crippen molar-refractivity contribution in [3.05, 3.63) is 48.5 Å². The Morgan fingerprint density at radius 2 is 1.55 bits per heavy atom. The summed E-state index contributed by atoms with van der Waals surface area (Å²) < 4.78 is 2.08. The van der Waals surface area contributed by atoms with Crippen LogP contribution in [0.25, 0.3) is 21.8 Å². The first-order valence-corrected chi connectivity index (χ1v) is 11.3. The van der Waals surface area contributed by atoms with Crippen LogP contribution < -0.4 is 5.32 Å². The molecule has 0 spiro atoms.